The van der Waals surface area contributed by atoms with E-state index in [0.717, 1.165) is 31.5 Å². The highest BCUT2D eigenvalue weighted by atomic mass is 32.1. The number of aromatic nitrogens is 2. The largest absolute Gasteiger partial charge is 0.342 e. The van der Waals surface area contributed by atoms with Gasteiger partial charge in [-0.3, -0.25) is 4.79 Å². The smallest absolute Gasteiger partial charge is 0.227 e. The number of hydrogen-bond acceptors (Lipinski definition) is 5. The lowest BCUT2D eigenvalue weighted by atomic mass is 9.95. The maximum Gasteiger partial charge on any atom is 0.227 e. The van der Waals surface area contributed by atoms with Crippen LogP contribution in [-0.4, -0.2) is 34.0 Å². The van der Waals surface area contributed by atoms with E-state index in [1.807, 2.05) is 21.7 Å². The van der Waals surface area contributed by atoms with E-state index in [1.54, 1.807) is 11.3 Å². The molecule has 0 spiro atoms. The highest BCUT2D eigenvalue weighted by Gasteiger charge is 2.22. The molecule has 1 saturated heterocycles. The Morgan fingerprint density at radius 2 is 2.45 bits per heavy atom. The zero-order valence-electron chi connectivity index (χ0n) is 12.8. The molecule has 0 radical (unpaired) electrons. The van der Waals surface area contributed by atoms with Crippen molar-refractivity contribution < 1.29 is 9.32 Å². The van der Waals surface area contributed by atoms with Crippen LogP contribution in [0.25, 0.3) is 11.4 Å². The maximum absolute atomic E-state index is 12.3. The average Bonchev–Trinajstić information content (AvgIpc) is 3.23. The number of thiophene rings is 1. The van der Waals surface area contributed by atoms with Crippen molar-refractivity contribution in [1.29, 1.82) is 0 Å². The number of carbonyl (C=O) groups is 1. The fourth-order valence-electron chi connectivity index (χ4n) is 2.86. The standard InChI is InChI=1S/C16H21N3O2S/c1-2-12-4-3-8-19(10-12)15(20)6-5-14-17-16(18-21-14)13-7-9-22-11-13/h7,9,11-12H,2-6,8,10H2,1H3/t12-/m1/s1. The molecule has 3 heterocycles. The lowest BCUT2D eigenvalue weighted by molar-refractivity contribution is -0.133. The first-order valence-electron chi connectivity index (χ1n) is 7.89. The molecule has 1 aliphatic heterocycles. The van der Waals surface area contributed by atoms with E-state index in [4.69, 9.17) is 4.52 Å². The highest BCUT2D eigenvalue weighted by Crippen LogP contribution is 2.21. The summed E-state index contributed by atoms with van der Waals surface area (Å²) in [6.45, 7) is 3.99. The number of hydrogen-bond donors (Lipinski definition) is 0. The predicted octanol–water partition coefficient (Wildman–Crippen LogP) is 3.38. The van der Waals surface area contributed by atoms with Gasteiger partial charge in [0.15, 0.2) is 0 Å². The summed E-state index contributed by atoms with van der Waals surface area (Å²) in [5, 5.41) is 7.94. The quantitative estimate of drug-likeness (QED) is 0.847. The third-order valence-corrected chi connectivity index (χ3v) is 4.93. The number of nitrogens with zero attached hydrogens (tertiary/aromatic N) is 3. The van der Waals surface area contributed by atoms with Crippen LogP contribution < -0.4 is 0 Å². The van der Waals surface area contributed by atoms with Crippen molar-refractivity contribution in [2.75, 3.05) is 13.1 Å². The molecule has 1 atom stereocenters. The minimum Gasteiger partial charge on any atom is -0.342 e. The molecule has 3 rings (SSSR count). The maximum atomic E-state index is 12.3. The van der Waals surface area contributed by atoms with Crippen LogP contribution in [0.2, 0.25) is 0 Å². The van der Waals surface area contributed by atoms with Crippen molar-refractivity contribution in [2.24, 2.45) is 5.92 Å². The third kappa shape index (κ3) is 3.55. The average molecular weight is 319 g/mol. The second-order valence-corrected chi connectivity index (χ2v) is 6.56. The van der Waals surface area contributed by atoms with Crippen molar-refractivity contribution in [3.63, 3.8) is 0 Å². The number of piperidine rings is 1. The van der Waals surface area contributed by atoms with E-state index in [-0.39, 0.29) is 5.91 Å². The summed E-state index contributed by atoms with van der Waals surface area (Å²) in [6.07, 6.45) is 4.48. The minimum atomic E-state index is 0.202. The number of rotatable bonds is 5. The minimum absolute atomic E-state index is 0.202. The van der Waals surface area contributed by atoms with E-state index in [1.165, 1.54) is 6.42 Å². The van der Waals surface area contributed by atoms with Gasteiger partial charge in [-0.15, -0.1) is 0 Å². The summed E-state index contributed by atoms with van der Waals surface area (Å²) in [5.74, 6) is 2.01. The first-order valence-corrected chi connectivity index (χ1v) is 8.83. The lowest BCUT2D eigenvalue weighted by Gasteiger charge is -2.32. The van der Waals surface area contributed by atoms with Gasteiger partial charge in [-0.25, -0.2) is 0 Å². The van der Waals surface area contributed by atoms with Gasteiger partial charge in [0, 0.05) is 36.9 Å². The molecule has 1 fully saturated rings. The van der Waals surface area contributed by atoms with Gasteiger partial charge in [0.2, 0.25) is 17.6 Å². The lowest BCUT2D eigenvalue weighted by Crippen LogP contribution is -2.39. The Morgan fingerprint density at radius 3 is 3.23 bits per heavy atom. The van der Waals surface area contributed by atoms with Gasteiger partial charge in [-0.1, -0.05) is 18.5 Å². The monoisotopic (exact) mass is 319 g/mol. The topological polar surface area (TPSA) is 59.2 Å². The van der Waals surface area contributed by atoms with Crippen LogP contribution in [0.5, 0.6) is 0 Å². The molecular formula is C16H21N3O2S. The normalized spacial score (nSPS) is 18.6. The number of carbonyl (C=O) groups excluding carboxylic acids is 1. The SMILES string of the molecule is CC[C@@H]1CCCN(C(=O)CCc2nc(-c3ccsc3)no2)C1. The van der Waals surface area contributed by atoms with Crippen LogP contribution in [0.15, 0.2) is 21.3 Å². The van der Waals surface area contributed by atoms with E-state index in [0.29, 0.717) is 30.5 Å². The van der Waals surface area contributed by atoms with Gasteiger partial charge in [0.05, 0.1) is 0 Å². The van der Waals surface area contributed by atoms with Crippen LogP contribution in [-0.2, 0) is 11.2 Å². The Hall–Kier alpha value is -1.69. The molecule has 0 N–H and O–H groups in total. The summed E-state index contributed by atoms with van der Waals surface area (Å²) in [5.41, 5.74) is 0.966. The van der Waals surface area contributed by atoms with Crippen LogP contribution in [0.4, 0.5) is 0 Å². The summed E-state index contributed by atoms with van der Waals surface area (Å²) in [4.78, 5) is 18.7. The number of likely N-dealkylation sites (tertiary alicyclic amines) is 1. The Morgan fingerprint density at radius 1 is 1.55 bits per heavy atom. The van der Waals surface area contributed by atoms with Crippen molar-refractivity contribution >= 4 is 17.2 Å². The zero-order valence-corrected chi connectivity index (χ0v) is 13.6. The Bertz CT molecular complexity index is 609. The van der Waals surface area contributed by atoms with Crippen LogP contribution >= 0.6 is 11.3 Å². The van der Waals surface area contributed by atoms with Crippen molar-refractivity contribution in [1.82, 2.24) is 15.0 Å². The molecule has 0 bridgehead atoms. The van der Waals surface area contributed by atoms with Crippen molar-refractivity contribution in [3.05, 3.63) is 22.7 Å². The molecule has 0 saturated carbocycles. The van der Waals surface area contributed by atoms with Gasteiger partial charge in [-0.2, -0.15) is 16.3 Å². The number of aryl methyl sites for hydroxylation is 1. The Kier molecular flexibility index (Phi) is 4.87. The van der Waals surface area contributed by atoms with Crippen molar-refractivity contribution in [2.45, 2.75) is 39.0 Å². The molecule has 2 aromatic heterocycles. The molecule has 0 aromatic carbocycles. The molecule has 118 valence electrons. The molecule has 2 aromatic rings. The third-order valence-electron chi connectivity index (χ3n) is 4.25. The summed E-state index contributed by atoms with van der Waals surface area (Å²) in [7, 11) is 0. The molecule has 0 aliphatic carbocycles. The van der Waals surface area contributed by atoms with Crippen molar-refractivity contribution in [3.8, 4) is 11.4 Å². The van der Waals surface area contributed by atoms with Crippen LogP contribution in [0, 0.1) is 5.92 Å². The second-order valence-electron chi connectivity index (χ2n) is 5.78. The molecular weight excluding hydrogens is 298 g/mol. The fraction of sp³-hybridized carbons (Fsp3) is 0.562. The fourth-order valence-corrected chi connectivity index (χ4v) is 3.50. The van der Waals surface area contributed by atoms with Gasteiger partial charge in [-0.05, 0) is 30.2 Å². The molecule has 5 nitrogen and oxygen atoms in total. The first kappa shape index (κ1) is 15.2. The van der Waals surface area contributed by atoms with E-state index >= 15 is 0 Å². The van der Waals surface area contributed by atoms with Gasteiger partial charge >= 0.3 is 0 Å². The molecule has 0 unspecified atom stereocenters. The molecule has 1 aliphatic rings. The summed E-state index contributed by atoms with van der Waals surface area (Å²) in [6, 6.07) is 1.96. The van der Waals surface area contributed by atoms with E-state index in [9.17, 15) is 4.79 Å². The highest BCUT2D eigenvalue weighted by molar-refractivity contribution is 7.08. The van der Waals surface area contributed by atoms with Crippen LogP contribution in [0.1, 0.15) is 38.5 Å². The van der Waals surface area contributed by atoms with E-state index < -0.39 is 0 Å². The van der Waals surface area contributed by atoms with Crippen LogP contribution in [0.3, 0.4) is 0 Å². The van der Waals surface area contributed by atoms with Gasteiger partial charge in [0.1, 0.15) is 0 Å². The Balaban J connectivity index is 1.53. The van der Waals surface area contributed by atoms with Gasteiger partial charge in [0.25, 0.3) is 0 Å². The Labute approximate surface area is 134 Å². The predicted molar refractivity (Wildman–Crippen MR) is 85.5 cm³/mol. The molecule has 6 heteroatoms. The zero-order chi connectivity index (χ0) is 15.4. The van der Waals surface area contributed by atoms with Gasteiger partial charge < -0.3 is 9.42 Å². The first-order chi connectivity index (χ1) is 10.8. The van der Waals surface area contributed by atoms with E-state index in [2.05, 4.69) is 17.1 Å². The molecule has 1 amide bonds. The second kappa shape index (κ2) is 7.05. The molecule has 22 heavy (non-hydrogen) atoms. The summed E-state index contributed by atoms with van der Waals surface area (Å²) >= 11 is 1.60. The summed E-state index contributed by atoms with van der Waals surface area (Å²) < 4.78 is 5.24. The number of amides is 1.